The number of carbonyl (C=O) groups excluding carboxylic acids is 1. The predicted octanol–water partition coefficient (Wildman–Crippen LogP) is 4.25. The van der Waals surface area contributed by atoms with Crippen LogP contribution in [0.1, 0.15) is 23.2 Å². The van der Waals surface area contributed by atoms with Crippen molar-refractivity contribution in [2.75, 3.05) is 17.7 Å². The molecule has 6 nitrogen and oxygen atoms in total. The molecule has 0 aliphatic heterocycles. The van der Waals surface area contributed by atoms with E-state index in [0.717, 1.165) is 24.2 Å². The quantitative estimate of drug-likeness (QED) is 0.640. The van der Waals surface area contributed by atoms with Crippen LogP contribution in [-0.2, 0) is 4.74 Å². The van der Waals surface area contributed by atoms with Gasteiger partial charge in [-0.25, -0.2) is 14.8 Å². The van der Waals surface area contributed by atoms with Crippen LogP contribution in [0.4, 0.5) is 17.3 Å². The summed E-state index contributed by atoms with van der Waals surface area (Å²) in [4.78, 5) is 21.3. The van der Waals surface area contributed by atoms with Gasteiger partial charge in [-0.05, 0) is 25.0 Å². The first kappa shape index (κ1) is 17.0. The first-order valence-corrected chi connectivity index (χ1v) is 8.88. The molecule has 1 aliphatic carbocycles. The van der Waals surface area contributed by atoms with Crippen LogP contribution in [0.5, 0.6) is 0 Å². The van der Waals surface area contributed by atoms with E-state index in [1.165, 1.54) is 7.11 Å². The molecule has 6 heteroatoms. The lowest BCUT2D eigenvalue weighted by Crippen LogP contribution is -2.08. The number of ether oxygens (including phenoxy) is 1. The van der Waals surface area contributed by atoms with Crippen molar-refractivity contribution >= 4 is 23.3 Å². The lowest BCUT2D eigenvalue weighted by molar-refractivity contribution is 0.0602. The molecule has 0 bridgehead atoms. The minimum absolute atomic E-state index is 0.397. The average Bonchev–Trinajstić information content (AvgIpc) is 3.52. The van der Waals surface area contributed by atoms with E-state index >= 15 is 0 Å². The Morgan fingerprint density at radius 1 is 1.00 bits per heavy atom. The van der Waals surface area contributed by atoms with E-state index in [2.05, 4.69) is 20.6 Å². The number of aromatic nitrogens is 2. The van der Waals surface area contributed by atoms with Gasteiger partial charge in [0, 0.05) is 17.7 Å². The summed E-state index contributed by atoms with van der Waals surface area (Å²) in [6.45, 7) is 0. The van der Waals surface area contributed by atoms with Crippen molar-refractivity contribution in [2.24, 2.45) is 0 Å². The molecule has 2 aromatic carbocycles. The van der Waals surface area contributed by atoms with Gasteiger partial charge in [-0.15, -0.1) is 0 Å². The first-order chi connectivity index (χ1) is 13.2. The number of carbonyl (C=O) groups is 1. The molecule has 3 aromatic rings. The van der Waals surface area contributed by atoms with Crippen LogP contribution in [-0.4, -0.2) is 29.1 Å². The highest BCUT2D eigenvalue weighted by molar-refractivity contribution is 5.96. The number of hydrogen-bond acceptors (Lipinski definition) is 6. The highest BCUT2D eigenvalue weighted by Gasteiger charge is 2.22. The Bertz CT molecular complexity index is 955. The van der Waals surface area contributed by atoms with Gasteiger partial charge < -0.3 is 15.4 Å². The Morgan fingerprint density at radius 3 is 2.44 bits per heavy atom. The molecule has 2 N–H and O–H groups in total. The molecular formula is C21H20N4O2. The molecular weight excluding hydrogens is 340 g/mol. The van der Waals surface area contributed by atoms with Crippen LogP contribution in [0, 0.1) is 0 Å². The zero-order chi connectivity index (χ0) is 18.6. The zero-order valence-corrected chi connectivity index (χ0v) is 15.0. The number of methoxy groups -OCH3 is 1. The molecule has 0 amide bonds. The van der Waals surface area contributed by atoms with Gasteiger partial charge in [0.15, 0.2) is 5.82 Å². The van der Waals surface area contributed by atoms with Crippen LogP contribution in [0.15, 0.2) is 60.7 Å². The number of hydrogen-bond donors (Lipinski definition) is 2. The smallest absolute Gasteiger partial charge is 0.339 e. The molecule has 1 aliphatic rings. The lowest BCUT2D eigenvalue weighted by Gasteiger charge is -2.13. The van der Waals surface area contributed by atoms with Gasteiger partial charge in [-0.2, -0.15) is 0 Å². The Balaban J connectivity index is 1.71. The summed E-state index contributed by atoms with van der Waals surface area (Å²) in [5.41, 5.74) is 2.03. The highest BCUT2D eigenvalue weighted by atomic mass is 16.5. The molecule has 1 heterocycles. The van der Waals surface area contributed by atoms with Crippen LogP contribution in [0.25, 0.3) is 11.4 Å². The molecule has 0 spiro atoms. The second-order valence-corrected chi connectivity index (χ2v) is 6.41. The third kappa shape index (κ3) is 4.06. The van der Waals surface area contributed by atoms with Gasteiger partial charge in [0.2, 0.25) is 0 Å². The average molecular weight is 360 g/mol. The second kappa shape index (κ2) is 7.45. The first-order valence-electron chi connectivity index (χ1n) is 8.88. The molecule has 136 valence electrons. The maximum atomic E-state index is 12.0. The number of esters is 1. The van der Waals surface area contributed by atoms with Gasteiger partial charge in [0.05, 0.1) is 18.4 Å². The molecule has 1 saturated carbocycles. The second-order valence-electron chi connectivity index (χ2n) is 6.41. The molecule has 0 atom stereocenters. The van der Waals surface area contributed by atoms with Crippen molar-refractivity contribution in [2.45, 2.75) is 18.9 Å². The van der Waals surface area contributed by atoms with Crippen molar-refractivity contribution in [3.05, 3.63) is 66.2 Å². The van der Waals surface area contributed by atoms with Crippen LogP contribution in [0.2, 0.25) is 0 Å². The van der Waals surface area contributed by atoms with E-state index in [-0.39, 0.29) is 0 Å². The minimum Gasteiger partial charge on any atom is -0.465 e. The fourth-order valence-corrected chi connectivity index (χ4v) is 2.76. The number of rotatable bonds is 6. The van der Waals surface area contributed by atoms with Crippen LogP contribution >= 0.6 is 0 Å². The summed E-state index contributed by atoms with van der Waals surface area (Å²) in [5, 5.41) is 6.66. The minimum atomic E-state index is -0.397. The number of anilines is 3. The van der Waals surface area contributed by atoms with E-state index in [1.54, 1.807) is 12.1 Å². The van der Waals surface area contributed by atoms with Crippen molar-refractivity contribution in [3.8, 4) is 11.4 Å². The van der Waals surface area contributed by atoms with Gasteiger partial charge in [-0.1, -0.05) is 42.5 Å². The number of benzene rings is 2. The van der Waals surface area contributed by atoms with Crippen molar-refractivity contribution in [3.63, 3.8) is 0 Å². The summed E-state index contributed by atoms with van der Waals surface area (Å²) < 4.78 is 4.87. The topological polar surface area (TPSA) is 76.1 Å². The fraction of sp³-hybridized carbons (Fsp3) is 0.190. The van der Waals surface area contributed by atoms with Crippen molar-refractivity contribution in [1.29, 1.82) is 0 Å². The summed E-state index contributed by atoms with van der Waals surface area (Å²) in [6, 6.07) is 19.4. The standard InChI is InChI=1S/C21H20N4O2/c1-27-21(26)16-9-5-6-10-17(16)23-19-13-18(22-15-11-12-15)24-20(25-19)14-7-3-2-4-8-14/h2-10,13,15H,11-12H2,1H3,(H2,22,23,24,25). The molecule has 0 unspecified atom stereocenters. The molecule has 1 aromatic heterocycles. The third-order valence-electron chi connectivity index (χ3n) is 4.28. The normalized spacial score (nSPS) is 13.1. The summed E-state index contributed by atoms with van der Waals surface area (Å²) in [7, 11) is 1.37. The molecule has 27 heavy (non-hydrogen) atoms. The predicted molar refractivity (Wildman–Crippen MR) is 105 cm³/mol. The van der Waals surface area contributed by atoms with Gasteiger partial charge in [0.1, 0.15) is 11.6 Å². The Hall–Kier alpha value is -3.41. The van der Waals surface area contributed by atoms with Crippen molar-refractivity contribution in [1.82, 2.24) is 9.97 Å². The fourth-order valence-electron chi connectivity index (χ4n) is 2.76. The molecule has 0 radical (unpaired) electrons. The molecule has 0 saturated heterocycles. The molecule has 4 rings (SSSR count). The Labute approximate surface area is 157 Å². The van der Waals surface area contributed by atoms with Crippen LogP contribution < -0.4 is 10.6 Å². The van der Waals surface area contributed by atoms with Crippen molar-refractivity contribution < 1.29 is 9.53 Å². The van der Waals surface area contributed by atoms with E-state index in [4.69, 9.17) is 4.74 Å². The number of nitrogens with one attached hydrogen (secondary N) is 2. The van der Waals surface area contributed by atoms with Gasteiger partial charge in [-0.3, -0.25) is 0 Å². The largest absolute Gasteiger partial charge is 0.465 e. The third-order valence-corrected chi connectivity index (χ3v) is 4.28. The van der Waals surface area contributed by atoms with E-state index in [1.807, 2.05) is 48.5 Å². The summed E-state index contributed by atoms with van der Waals surface area (Å²) in [6.07, 6.45) is 2.30. The summed E-state index contributed by atoms with van der Waals surface area (Å²) >= 11 is 0. The van der Waals surface area contributed by atoms with E-state index in [0.29, 0.717) is 28.9 Å². The maximum absolute atomic E-state index is 12.0. The Morgan fingerprint density at radius 2 is 1.70 bits per heavy atom. The zero-order valence-electron chi connectivity index (χ0n) is 15.0. The SMILES string of the molecule is COC(=O)c1ccccc1Nc1cc(NC2CC2)nc(-c2ccccc2)n1. The van der Waals surface area contributed by atoms with Gasteiger partial charge in [0.25, 0.3) is 0 Å². The highest BCUT2D eigenvalue weighted by Crippen LogP contribution is 2.28. The number of para-hydroxylation sites is 1. The monoisotopic (exact) mass is 360 g/mol. The maximum Gasteiger partial charge on any atom is 0.339 e. The van der Waals surface area contributed by atoms with E-state index in [9.17, 15) is 4.79 Å². The van der Waals surface area contributed by atoms with E-state index < -0.39 is 5.97 Å². The Kier molecular flexibility index (Phi) is 4.70. The lowest BCUT2D eigenvalue weighted by atomic mass is 10.2. The number of nitrogens with zero attached hydrogens (tertiary/aromatic N) is 2. The summed E-state index contributed by atoms with van der Waals surface area (Å²) in [5.74, 6) is 1.61. The van der Waals surface area contributed by atoms with Gasteiger partial charge >= 0.3 is 5.97 Å². The molecule has 1 fully saturated rings. The van der Waals surface area contributed by atoms with Crippen LogP contribution in [0.3, 0.4) is 0 Å².